The van der Waals surface area contributed by atoms with Gasteiger partial charge in [-0.1, -0.05) is 78.9 Å². The molecule has 0 amide bonds. The molecule has 0 saturated carbocycles. The van der Waals surface area contributed by atoms with Crippen LogP contribution >= 0.6 is 0 Å². The molecule has 0 saturated heterocycles. The van der Waals surface area contributed by atoms with E-state index >= 15 is 0 Å². The van der Waals surface area contributed by atoms with Crippen LogP contribution in [0, 0.1) is 0 Å². The first-order chi connectivity index (χ1) is 15.3. The van der Waals surface area contributed by atoms with Gasteiger partial charge in [-0.25, -0.2) is 0 Å². The zero-order chi connectivity index (χ0) is 21.1. The van der Waals surface area contributed by atoms with Gasteiger partial charge in [0.1, 0.15) is 12.4 Å². The summed E-state index contributed by atoms with van der Waals surface area (Å²) in [5, 5.41) is 3.40. The lowest BCUT2D eigenvalue weighted by Gasteiger charge is -2.23. The van der Waals surface area contributed by atoms with E-state index in [1.807, 2.05) is 42.5 Å². The summed E-state index contributed by atoms with van der Waals surface area (Å²) < 4.78 is 6.05. The number of benzene rings is 4. The van der Waals surface area contributed by atoms with E-state index in [2.05, 4.69) is 83.0 Å². The SMILES string of the molecule is c1ccc(CN(CCOc2ccc(Nc3ccccc3)cc2)Cc2ccccc2)cc1. The van der Waals surface area contributed by atoms with Crippen molar-refractivity contribution < 1.29 is 4.74 Å². The van der Waals surface area contributed by atoms with E-state index in [9.17, 15) is 0 Å². The van der Waals surface area contributed by atoms with Gasteiger partial charge in [0.25, 0.3) is 0 Å². The molecule has 0 spiro atoms. The standard InChI is InChI=1S/C28H28N2O/c1-4-10-24(11-5-1)22-30(23-25-12-6-2-7-13-25)20-21-31-28-18-16-27(17-19-28)29-26-14-8-3-9-15-26/h1-19,29H,20-23H2. The average Bonchev–Trinajstić information content (AvgIpc) is 2.82. The van der Waals surface area contributed by atoms with Gasteiger partial charge in [0.15, 0.2) is 0 Å². The smallest absolute Gasteiger partial charge is 0.119 e. The Hall–Kier alpha value is -3.56. The number of hydrogen-bond donors (Lipinski definition) is 1. The number of para-hydroxylation sites is 1. The molecule has 0 atom stereocenters. The molecule has 0 unspecified atom stereocenters. The highest BCUT2D eigenvalue weighted by molar-refractivity contribution is 5.59. The monoisotopic (exact) mass is 408 g/mol. The molecule has 4 aromatic rings. The van der Waals surface area contributed by atoms with E-state index in [0.717, 1.165) is 36.8 Å². The van der Waals surface area contributed by atoms with Crippen LogP contribution in [0.1, 0.15) is 11.1 Å². The summed E-state index contributed by atoms with van der Waals surface area (Å²) >= 11 is 0. The topological polar surface area (TPSA) is 24.5 Å². The molecule has 0 heterocycles. The number of nitrogens with zero attached hydrogens (tertiary/aromatic N) is 1. The Kier molecular flexibility index (Phi) is 7.35. The third-order valence-corrected chi connectivity index (χ3v) is 5.09. The third kappa shape index (κ3) is 6.73. The molecular weight excluding hydrogens is 380 g/mol. The van der Waals surface area contributed by atoms with E-state index in [4.69, 9.17) is 4.74 Å². The first kappa shape index (κ1) is 20.7. The Morgan fingerprint density at radius 2 is 1.03 bits per heavy atom. The Labute approximate surface area is 184 Å². The minimum absolute atomic E-state index is 0.644. The second-order valence-corrected chi connectivity index (χ2v) is 7.55. The Morgan fingerprint density at radius 1 is 0.548 bits per heavy atom. The number of ether oxygens (including phenoxy) is 1. The molecule has 156 valence electrons. The molecule has 3 heteroatoms. The highest BCUT2D eigenvalue weighted by Crippen LogP contribution is 2.20. The predicted octanol–water partition coefficient (Wildman–Crippen LogP) is 6.51. The number of anilines is 2. The van der Waals surface area contributed by atoms with Crippen molar-refractivity contribution in [2.45, 2.75) is 13.1 Å². The zero-order valence-electron chi connectivity index (χ0n) is 17.7. The van der Waals surface area contributed by atoms with Crippen LogP contribution in [0.3, 0.4) is 0 Å². The molecule has 1 N–H and O–H groups in total. The molecule has 0 bridgehead atoms. The minimum atomic E-state index is 0.644. The zero-order valence-corrected chi connectivity index (χ0v) is 17.7. The fraction of sp³-hybridized carbons (Fsp3) is 0.143. The van der Waals surface area contributed by atoms with Crippen LogP contribution in [0.25, 0.3) is 0 Å². The van der Waals surface area contributed by atoms with E-state index in [1.165, 1.54) is 11.1 Å². The lowest BCUT2D eigenvalue weighted by Crippen LogP contribution is -2.27. The number of nitrogens with one attached hydrogen (secondary N) is 1. The van der Waals surface area contributed by atoms with Crippen molar-refractivity contribution in [2.24, 2.45) is 0 Å². The van der Waals surface area contributed by atoms with Crippen molar-refractivity contribution in [3.8, 4) is 5.75 Å². The van der Waals surface area contributed by atoms with Crippen molar-refractivity contribution in [2.75, 3.05) is 18.5 Å². The van der Waals surface area contributed by atoms with Gasteiger partial charge < -0.3 is 10.1 Å². The normalized spacial score (nSPS) is 10.7. The van der Waals surface area contributed by atoms with Crippen molar-refractivity contribution in [3.63, 3.8) is 0 Å². The first-order valence-electron chi connectivity index (χ1n) is 10.7. The van der Waals surface area contributed by atoms with E-state index in [1.54, 1.807) is 0 Å². The summed E-state index contributed by atoms with van der Waals surface area (Å²) in [6.07, 6.45) is 0. The lowest BCUT2D eigenvalue weighted by molar-refractivity contribution is 0.196. The van der Waals surface area contributed by atoms with E-state index in [-0.39, 0.29) is 0 Å². The molecule has 0 aliphatic heterocycles. The van der Waals surface area contributed by atoms with Crippen molar-refractivity contribution in [1.82, 2.24) is 4.90 Å². The van der Waals surface area contributed by atoms with Gasteiger partial charge in [-0.05, 0) is 47.5 Å². The quantitative estimate of drug-likeness (QED) is 0.324. The van der Waals surface area contributed by atoms with Gasteiger partial charge in [-0.2, -0.15) is 0 Å². The Bertz CT molecular complexity index is 977. The maximum absolute atomic E-state index is 6.05. The summed E-state index contributed by atoms with van der Waals surface area (Å²) in [7, 11) is 0. The largest absolute Gasteiger partial charge is 0.492 e. The summed E-state index contributed by atoms with van der Waals surface area (Å²) in [6.45, 7) is 3.30. The highest BCUT2D eigenvalue weighted by atomic mass is 16.5. The molecule has 0 radical (unpaired) electrons. The minimum Gasteiger partial charge on any atom is -0.492 e. The van der Waals surface area contributed by atoms with Gasteiger partial charge >= 0.3 is 0 Å². The van der Waals surface area contributed by atoms with Gasteiger partial charge in [-0.15, -0.1) is 0 Å². The van der Waals surface area contributed by atoms with Gasteiger partial charge in [0, 0.05) is 31.0 Å². The summed E-state index contributed by atoms with van der Waals surface area (Å²) in [4.78, 5) is 2.43. The maximum Gasteiger partial charge on any atom is 0.119 e. The number of rotatable bonds is 10. The Balaban J connectivity index is 1.32. The molecule has 0 aliphatic carbocycles. The first-order valence-corrected chi connectivity index (χ1v) is 10.7. The fourth-order valence-corrected chi connectivity index (χ4v) is 3.51. The van der Waals surface area contributed by atoms with Crippen molar-refractivity contribution in [1.29, 1.82) is 0 Å². The van der Waals surface area contributed by atoms with Crippen LogP contribution in [-0.2, 0) is 13.1 Å². The van der Waals surface area contributed by atoms with Crippen LogP contribution in [0.5, 0.6) is 5.75 Å². The van der Waals surface area contributed by atoms with Crippen LogP contribution in [0.4, 0.5) is 11.4 Å². The predicted molar refractivity (Wildman–Crippen MR) is 129 cm³/mol. The molecule has 0 aromatic heterocycles. The number of hydrogen-bond acceptors (Lipinski definition) is 3. The molecule has 4 rings (SSSR count). The van der Waals surface area contributed by atoms with Gasteiger partial charge in [-0.3, -0.25) is 4.90 Å². The lowest BCUT2D eigenvalue weighted by atomic mass is 10.1. The molecule has 0 fully saturated rings. The van der Waals surface area contributed by atoms with Crippen LogP contribution in [0.2, 0.25) is 0 Å². The van der Waals surface area contributed by atoms with Crippen LogP contribution < -0.4 is 10.1 Å². The summed E-state index contributed by atoms with van der Waals surface area (Å²) in [6, 6.07) is 39.5. The van der Waals surface area contributed by atoms with E-state index < -0.39 is 0 Å². The van der Waals surface area contributed by atoms with Crippen molar-refractivity contribution >= 4 is 11.4 Å². The Morgan fingerprint density at radius 3 is 1.58 bits per heavy atom. The molecule has 4 aromatic carbocycles. The average molecular weight is 409 g/mol. The van der Waals surface area contributed by atoms with Gasteiger partial charge in [0.2, 0.25) is 0 Å². The summed E-state index contributed by atoms with van der Waals surface area (Å²) in [5.74, 6) is 0.887. The second-order valence-electron chi connectivity index (χ2n) is 7.55. The summed E-state index contributed by atoms with van der Waals surface area (Å²) in [5.41, 5.74) is 4.76. The van der Waals surface area contributed by atoms with Crippen LogP contribution in [-0.4, -0.2) is 18.1 Å². The van der Waals surface area contributed by atoms with Gasteiger partial charge in [0.05, 0.1) is 0 Å². The molecule has 3 nitrogen and oxygen atoms in total. The van der Waals surface area contributed by atoms with Crippen LogP contribution in [0.15, 0.2) is 115 Å². The fourth-order valence-electron chi connectivity index (χ4n) is 3.51. The molecule has 0 aliphatic rings. The molecule has 31 heavy (non-hydrogen) atoms. The van der Waals surface area contributed by atoms with Crippen molar-refractivity contribution in [3.05, 3.63) is 126 Å². The second kappa shape index (κ2) is 11.0. The molecular formula is C28H28N2O. The van der Waals surface area contributed by atoms with E-state index in [0.29, 0.717) is 6.61 Å². The third-order valence-electron chi connectivity index (χ3n) is 5.09. The maximum atomic E-state index is 6.05. The highest BCUT2D eigenvalue weighted by Gasteiger charge is 2.08.